The van der Waals surface area contributed by atoms with E-state index < -0.39 is 0 Å². The summed E-state index contributed by atoms with van der Waals surface area (Å²) in [7, 11) is 0. The van der Waals surface area contributed by atoms with Crippen LogP contribution >= 0.6 is 11.3 Å². The van der Waals surface area contributed by atoms with Gasteiger partial charge in [-0.25, -0.2) is 9.97 Å². The lowest BCUT2D eigenvalue weighted by atomic mass is 9.95. The number of hydrogen-bond acceptors (Lipinski definition) is 4. The molecule has 0 spiro atoms. The molecule has 0 aliphatic heterocycles. The van der Waals surface area contributed by atoms with Crippen molar-refractivity contribution in [2.75, 3.05) is 0 Å². The van der Waals surface area contributed by atoms with Crippen LogP contribution in [0.15, 0.2) is 205 Å². The molecule has 8 aromatic carbocycles. The highest BCUT2D eigenvalue weighted by atomic mass is 32.1. The first-order chi connectivity index (χ1) is 31.7. The molecule has 64 heavy (non-hydrogen) atoms. The summed E-state index contributed by atoms with van der Waals surface area (Å²) in [5, 5.41) is 6.04. The highest BCUT2D eigenvalue weighted by molar-refractivity contribution is 7.26. The number of allylic oxidation sites excluding steroid dienone is 2. The molecule has 0 radical (unpaired) electrons. The Morgan fingerprint density at radius 3 is 2.00 bits per heavy atom. The van der Waals surface area contributed by atoms with E-state index in [9.17, 15) is 0 Å². The second-order valence-electron chi connectivity index (χ2n) is 16.4. The topological polar surface area (TPSA) is 43.9 Å². The molecule has 12 aromatic rings. The quantitative estimate of drug-likeness (QED) is 0.168. The van der Waals surface area contributed by atoms with Gasteiger partial charge in [0.1, 0.15) is 17.2 Å². The summed E-state index contributed by atoms with van der Waals surface area (Å²) in [6, 6.07) is 67.5. The number of para-hydroxylation sites is 2. The smallest absolute Gasteiger partial charge is 0.162 e. The average molecular weight is 836 g/mol. The second-order valence-corrected chi connectivity index (χ2v) is 17.5. The van der Waals surface area contributed by atoms with Crippen molar-refractivity contribution >= 4 is 76.4 Å². The van der Waals surface area contributed by atoms with Crippen molar-refractivity contribution in [1.82, 2.24) is 14.5 Å². The van der Waals surface area contributed by atoms with Crippen LogP contribution in [0.25, 0.3) is 127 Å². The number of rotatable bonds is 6. The Morgan fingerprint density at radius 2 is 1.14 bits per heavy atom. The molecular formula is C59H37N3OS. The van der Waals surface area contributed by atoms with E-state index in [2.05, 4.69) is 199 Å². The first-order valence-electron chi connectivity index (χ1n) is 21.7. The Morgan fingerprint density at radius 1 is 0.469 bits per heavy atom. The third-order valence-electron chi connectivity index (χ3n) is 12.6. The minimum absolute atomic E-state index is 0.658. The van der Waals surface area contributed by atoms with Gasteiger partial charge in [-0.15, -0.1) is 11.3 Å². The summed E-state index contributed by atoms with van der Waals surface area (Å²) >= 11 is 1.87. The monoisotopic (exact) mass is 835 g/mol. The van der Waals surface area contributed by atoms with E-state index in [1.54, 1.807) is 0 Å². The van der Waals surface area contributed by atoms with Gasteiger partial charge in [-0.1, -0.05) is 164 Å². The Bertz CT molecular complexity index is 3880. The standard InChI is InChI=1S/C59H37N3OS/c1-3-15-37(16-4-1)59-60-51(42-31-32-47-46-22-5-2-6-29-53(46)63-54(47)35-42)36-56(61-59)62-52-28-9-7-21-45(52)49-26-13-24-43(57(49)62)40-19-11-17-38(33-40)39-18-12-20-41(34-39)44-25-14-27-50-48-23-8-10-30-55(48)64-58(44)50/h1,3-36H,2H2. The van der Waals surface area contributed by atoms with Gasteiger partial charge in [-0.3, -0.25) is 4.57 Å². The zero-order valence-corrected chi connectivity index (χ0v) is 35.4. The van der Waals surface area contributed by atoms with Gasteiger partial charge in [0.2, 0.25) is 0 Å². The molecule has 0 atom stereocenters. The van der Waals surface area contributed by atoms with Gasteiger partial charge < -0.3 is 4.42 Å². The van der Waals surface area contributed by atoms with E-state index in [0.717, 1.165) is 84.5 Å². The predicted octanol–water partition coefficient (Wildman–Crippen LogP) is 16.5. The van der Waals surface area contributed by atoms with E-state index >= 15 is 0 Å². The largest absolute Gasteiger partial charge is 0.456 e. The molecule has 13 rings (SSSR count). The summed E-state index contributed by atoms with van der Waals surface area (Å²) in [6.07, 6.45) is 9.45. The van der Waals surface area contributed by atoms with Crippen molar-refractivity contribution in [1.29, 1.82) is 0 Å². The van der Waals surface area contributed by atoms with Crippen LogP contribution in [-0.2, 0) is 0 Å². The van der Waals surface area contributed by atoms with Gasteiger partial charge in [0.15, 0.2) is 5.82 Å². The molecule has 4 nitrogen and oxygen atoms in total. The van der Waals surface area contributed by atoms with Gasteiger partial charge in [0.25, 0.3) is 0 Å². The van der Waals surface area contributed by atoms with E-state index in [0.29, 0.717) is 5.82 Å². The fourth-order valence-electron chi connectivity index (χ4n) is 9.64. The van der Waals surface area contributed by atoms with Crippen LogP contribution in [0.2, 0.25) is 0 Å². The maximum absolute atomic E-state index is 6.44. The van der Waals surface area contributed by atoms with Crippen LogP contribution in [0.1, 0.15) is 17.7 Å². The third kappa shape index (κ3) is 5.97. The molecule has 0 fully saturated rings. The molecule has 0 N–H and O–H groups in total. The lowest BCUT2D eigenvalue weighted by Gasteiger charge is -2.14. The molecular weight excluding hydrogens is 799 g/mol. The maximum atomic E-state index is 6.44. The Balaban J connectivity index is 0.979. The molecule has 0 saturated heterocycles. The van der Waals surface area contributed by atoms with Gasteiger partial charge in [-0.05, 0) is 76.7 Å². The normalized spacial score (nSPS) is 12.5. The number of benzene rings is 8. The molecule has 0 unspecified atom stereocenters. The maximum Gasteiger partial charge on any atom is 0.162 e. The molecule has 1 aliphatic rings. The van der Waals surface area contributed by atoms with Gasteiger partial charge in [-0.2, -0.15) is 0 Å². The highest BCUT2D eigenvalue weighted by Crippen LogP contribution is 2.43. The summed E-state index contributed by atoms with van der Waals surface area (Å²) in [5.74, 6) is 2.34. The minimum Gasteiger partial charge on any atom is -0.456 e. The van der Waals surface area contributed by atoms with Crippen molar-refractivity contribution in [3.63, 3.8) is 0 Å². The van der Waals surface area contributed by atoms with Crippen LogP contribution < -0.4 is 0 Å². The zero-order valence-electron chi connectivity index (χ0n) is 34.6. The van der Waals surface area contributed by atoms with Gasteiger partial charge in [0.05, 0.1) is 16.7 Å². The number of nitrogens with zero attached hydrogens (tertiary/aromatic N) is 3. The summed E-state index contributed by atoms with van der Waals surface area (Å²) in [4.78, 5) is 10.6. The lowest BCUT2D eigenvalue weighted by molar-refractivity contribution is 0.603. The number of hydrogen-bond donors (Lipinski definition) is 0. The van der Waals surface area contributed by atoms with Crippen LogP contribution in [-0.4, -0.2) is 14.5 Å². The molecule has 4 aromatic heterocycles. The van der Waals surface area contributed by atoms with Crippen LogP contribution in [0.4, 0.5) is 0 Å². The minimum atomic E-state index is 0.658. The number of aromatic nitrogens is 3. The first-order valence-corrected chi connectivity index (χ1v) is 22.5. The van der Waals surface area contributed by atoms with E-state index in [-0.39, 0.29) is 0 Å². The van der Waals surface area contributed by atoms with Crippen molar-refractivity contribution in [3.8, 4) is 61.8 Å². The highest BCUT2D eigenvalue weighted by Gasteiger charge is 2.21. The van der Waals surface area contributed by atoms with Crippen molar-refractivity contribution in [3.05, 3.63) is 212 Å². The van der Waals surface area contributed by atoms with Crippen LogP contribution in [0, 0.1) is 0 Å². The summed E-state index contributed by atoms with van der Waals surface area (Å²) in [6.45, 7) is 0. The first kappa shape index (κ1) is 36.5. The Kier molecular flexibility index (Phi) is 8.43. The fraction of sp³-hybridized carbons (Fsp3) is 0.0169. The molecule has 0 bridgehead atoms. The van der Waals surface area contributed by atoms with E-state index in [4.69, 9.17) is 14.4 Å². The second kappa shape index (κ2) is 14.8. The fourth-order valence-corrected chi connectivity index (χ4v) is 10.9. The number of furan rings is 1. The molecule has 300 valence electrons. The SMILES string of the molecule is C1=Cc2oc3cc(-c4cc(-n5c6ccccc6c6cccc(-c7cccc(-c8cccc(-c9cccc%10c9sc9ccccc9%10)c8)c7)c65)nc(-c5ccccc5)n4)ccc3c2C=CC1. The van der Waals surface area contributed by atoms with Crippen LogP contribution in [0.3, 0.4) is 0 Å². The number of thiophene rings is 1. The van der Waals surface area contributed by atoms with Crippen molar-refractivity contribution in [2.24, 2.45) is 0 Å². The third-order valence-corrected chi connectivity index (χ3v) is 13.9. The van der Waals surface area contributed by atoms with Crippen LogP contribution in [0.5, 0.6) is 0 Å². The molecule has 0 saturated carbocycles. The Labute approximate surface area is 373 Å². The van der Waals surface area contributed by atoms with E-state index in [1.807, 2.05) is 29.5 Å². The van der Waals surface area contributed by atoms with Crippen molar-refractivity contribution in [2.45, 2.75) is 6.42 Å². The summed E-state index contributed by atoms with van der Waals surface area (Å²) < 4.78 is 11.4. The predicted molar refractivity (Wildman–Crippen MR) is 269 cm³/mol. The lowest BCUT2D eigenvalue weighted by Crippen LogP contribution is -2.03. The van der Waals surface area contributed by atoms with E-state index in [1.165, 1.54) is 42.2 Å². The average Bonchev–Trinajstić information content (AvgIpc) is 3.97. The molecule has 4 heterocycles. The number of fused-ring (bicyclic) bond motifs is 9. The van der Waals surface area contributed by atoms with Crippen molar-refractivity contribution < 1.29 is 4.42 Å². The van der Waals surface area contributed by atoms with Gasteiger partial charge in [0, 0.05) is 64.7 Å². The molecule has 5 heteroatoms. The Hall–Kier alpha value is -8.12. The molecule has 0 amide bonds. The zero-order chi connectivity index (χ0) is 42.1. The molecule has 1 aliphatic carbocycles. The summed E-state index contributed by atoms with van der Waals surface area (Å²) in [5.41, 5.74) is 13.9. The van der Waals surface area contributed by atoms with Gasteiger partial charge >= 0.3 is 0 Å².